The first-order chi connectivity index (χ1) is 7.15. The minimum atomic E-state index is -0.417. The normalized spacial score (nSPS) is 10.8. The monoisotopic (exact) mass is 203 g/mol. The summed E-state index contributed by atoms with van der Waals surface area (Å²) in [5, 5.41) is 0.849. The molecule has 0 aliphatic rings. The molecule has 0 radical (unpaired) electrons. The summed E-state index contributed by atoms with van der Waals surface area (Å²) in [5.41, 5.74) is 7.66. The van der Waals surface area contributed by atoms with Gasteiger partial charge in [-0.15, -0.1) is 0 Å². The molecule has 3 nitrogen and oxygen atoms in total. The Hall–Kier alpha value is -1.77. The molecule has 2 aromatic rings. The molecule has 0 saturated heterocycles. The molecule has 1 heterocycles. The lowest BCUT2D eigenvalue weighted by Crippen LogP contribution is -2.12. The minimum Gasteiger partial charge on any atom is -0.460 e. The first-order valence-electron chi connectivity index (χ1n) is 4.96. The van der Waals surface area contributed by atoms with Crippen LogP contribution >= 0.6 is 0 Å². The Labute approximate surface area is 87.9 Å². The van der Waals surface area contributed by atoms with Gasteiger partial charge in [0, 0.05) is 11.8 Å². The molecule has 1 amide bonds. The maximum Gasteiger partial charge on any atom is 0.252 e. The molecule has 0 spiro atoms. The zero-order valence-corrected chi connectivity index (χ0v) is 8.83. The summed E-state index contributed by atoms with van der Waals surface area (Å²) in [6, 6.07) is 5.71. The number of amides is 1. The molecule has 15 heavy (non-hydrogen) atoms. The second-order valence-electron chi connectivity index (χ2n) is 3.57. The van der Waals surface area contributed by atoms with Crippen molar-refractivity contribution < 1.29 is 9.21 Å². The number of nitrogens with two attached hydrogens (primary N) is 1. The second kappa shape index (κ2) is 3.42. The summed E-state index contributed by atoms with van der Waals surface area (Å²) in [4.78, 5) is 11.4. The van der Waals surface area contributed by atoms with Gasteiger partial charge in [-0.2, -0.15) is 0 Å². The van der Waals surface area contributed by atoms with Gasteiger partial charge in [-0.1, -0.05) is 19.1 Å². The molecule has 0 unspecified atom stereocenters. The number of carbonyl (C=O) groups is 1. The zero-order valence-electron chi connectivity index (χ0n) is 8.83. The second-order valence-corrected chi connectivity index (χ2v) is 3.57. The molecule has 2 N–H and O–H groups in total. The minimum absolute atomic E-state index is 0.417. The van der Waals surface area contributed by atoms with E-state index in [4.69, 9.17) is 10.2 Å². The van der Waals surface area contributed by atoms with Crippen LogP contribution < -0.4 is 5.73 Å². The third-order valence-corrected chi connectivity index (χ3v) is 2.56. The maximum absolute atomic E-state index is 11.4. The summed E-state index contributed by atoms with van der Waals surface area (Å²) in [6.07, 6.45) is 0.673. The van der Waals surface area contributed by atoms with Gasteiger partial charge >= 0.3 is 0 Å². The average Bonchev–Trinajstić information content (AvgIpc) is 2.57. The van der Waals surface area contributed by atoms with Crippen molar-refractivity contribution >= 4 is 16.9 Å². The van der Waals surface area contributed by atoms with Crippen molar-refractivity contribution in [1.82, 2.24) is 0 Å². The van der Waals surface area contributed by atoms with Crippen molar-refractivity contribution in [3.8, 4) is 0 Å². The molecule has 0 atom stereocenters. The van der Waals surface area contributed by atoms with Crippen LogP contribution in [0.25, 0.3) is 11.0 Å². The lowest BCUT2D eigenvalue weighted by atomic mass is 10.0. The molecule has 0 aliphatic carbocycles. The Bertz CT molecular complexity index is 526. The molecule has 0 fully saturated rings. The number of aryl methyl sites for hydroxylation is 2. The maximum atomic E-state index is 11.4. The van der Waals surface area contributed by atoms with E-state index >= 15 is 0 Å². The van der Waals surface area contributed by atoms with Crippen LogP contribution in [-0.2, 0) is 6.42 Å². The number of fused-ring (bicyclic) bond motifs is 1. The fourth-order valence-electron chi connectivity index (χ4n) is 1.88. The number of rotatable bonds is 2. The summed E-state index contributed by atoms with van der Waals surface area (Å²) in [5.74, 6) is 0.256. The predicted molar refractivity (Wildman–Crippen MR) is 58.8 cm³/mol. The lowest BCUT2D eigenvalue weighted by Gasteiger charge is -1.97. The van der Waals surface area contributed by atoms with Gasteiger partial charge in [0.2, 0.25) is 0 Å². The molecule has 3 heteroatoms. The zero-order chi connectivity index (χ0) is 11.0. The molecule has 0 bridgehead atoms. The summed E-state index contributed by atoms with van der Waals surface area (Å²) >= 11 is 0. The van der Waals surface area contributed by atoms with E-state index in [1.165, 1.54) is 0 Å². The third-order valence-electron chi connectivity index (χ3n) is 2.56. The number of hydrogen-bond donors (Lipinski definition) is 1. The number of primary amides is 1. The van der Waals surface area contributed by atoms with E-state index in [-0.39, 0.29) is 0 Å². The number of carbonyl (C=O) groups excluding carboxylic acids is 1. The van der Waals surface area contributed by atoms with E-state index in [0.29, 0.717) is 17.7 Å². The van der Waals surface area contributed by atoms with E-state index in [9.17, 15) is 4.79 Å². The quantitative estimate of drug-likeness (QED) is 0.814. The van der Waals surface area contributed by atoms with Crippen molar-refractivity contribution in [3.63, 3.8) is 0 Å². The summed E-state index contributed by atoms with van der Waals surface area (Å²) in [6.45, 7) is 3.89. The fourth-order valence-corrected chi connectivity index (χ4v) is 1.88. The van der Waals surface area contributed by atoms with E-state index < -0.39 is 5.91 Å². The smallest absolute Gasteiger partial charge is 0.252 e. The third kappa shape index (κ3) is 1.40. The Morgan fingerprint density at radius 2 is 2.20 bits per heavy atom. The van der Waals surface area contributed by atoms with Crippen molar-refractivity contribution in [1.29, 1.82) is 0 Å². The van der Waals surface area contributed by atoms with Crippen LogP contribution in [0.1, 0.15) is 28.6 Å². The van der Waals surface area contributed by atoms with Gasteiger partial charge in [-0.3, -0.25) is 4.79 Å². The largest absolute Gasteiger partial charge is 0.460 e. The molecular formula is C12H13NO2. The van der Waals surface area contributed by atoms with Crippen LogP contribution in [0.5, 0.6) is 0 Å². The van der Waals surface area contributed by atoms with Crippen molar-refractivity contribution in [2.75, 3.05) is 0 Å². The summed E-state index contributed by atoms with van der Waals surface area (Å²) in [7, 11) is 0. The molecule has 2 rings (SSSR count). The Morgan fingerprint density at radius 1 is 1.47 bits per heavy atom. The average molecular weight is 203 g/mol. The standard InChI is InChI=1S/C12H13NO2/c1-3-8-11(12(13)14)10-7(2)5-4-6-9(10)15-8/h4-6H,3H2,1-2H3,(H2,13,14). The highest BCUT2D eigenvalue weighted by molar-refractivity contribution is 6.07. The van der Waals surface area contributed by atoms with Gasteiger partial charge in [0.05, 0.1) is 5.56 Å². The number of hydrogen-bond acceptors (Lipinski definition) is 2. The SMILES string of the molecule is CCc1oc2cccc(C)c2c1C(N)=O. The summed E-state index contributed by atoms with van der Waals surface area (Å²) < 4.78 is 5.59. The van der Waals surface area contributed by atoms with Crippen LogP contribution in [0.15, 0.2) is 22.6 Å². The van der Waals surface area contributed by atoms with Crippen molar-refractivity contribution in [2.24, 2.45) is 5.73 Å². The Kier molecular flexibility index (Phi) is 2.23. The van der Waals surface area contributed by atoms with Gasteiger partial charge < -0.3 is 10.2 Å². The molecule has 0 aliphatic heterocycles. The van der Waals surface area contributed by atoms with Crippen LogP contribution in [0.3, 0.4) is 0 Å². The predicted octanol–water partition coefficient (Wildman–Crippen LogP) is 2.40. The van der Waals surface area contributed by atoms with Gasteiger partial charge in [0.25, 0.3) is 5.91 Å². The number of benzene rings is 1. The van der Waals surface area contributed by atoms with Gasteiger partial charge in [0.1, 0.15) is 11.3 Å². The first kappa shape index (κ1) is 9.77. The molecule has 78 valence electrons. The molecule has 1 aromatic heterocycles. The highest BCUT2D eigenvalue weighted by Gasteiger charge is 2.18. The molecule has 0 saturated carbocycles. The van der Waals surface area contributed by atoms with Gasteiger partial charge in [0.15, 0.2) is 0 Å². The Balaban J connectivity index is 2.88. The molecular weight excluding hydrogens is 190 g/mol. The van der Waals surface area contributed by atoms with Gasteiger partial charge in [-0.05, 0) is 18.6 Å². The topological polar surface area (TPSA) is 56.2 Å². The van der Waals surface area contributed by atoms with Crippen LogP contribution in [0.2, 0.25) is 0 Å². The van der Waals surface area contributed by atoms with E-state index in [1.54, 1.807) is 0 Å². The van der Waals surface area contributed by atoms with Crippen molar-refractivity contribution in [2.45, 2.75) is 20.3 Å². The first-order valence-corrected chi connectivity index (χ1v) is 4.96. The number of furan rings is 1. The van der Waals surface area contributed by atoms with Crippen molar-refractivity contribution in [3.05, 3.63) is 35.1 Å². The van der Waals surface area contributed by atoms with Crippen LogP contribution in [0, 0.1) is 6.92 Å². The lowest BCUT2D eigenvalue weighted by molar-refractivity contribution is 0.1000. The van der Waals surface area contributed by atoms with E-state index in [1.807, 2.05) is 32.0 Å². The Morgan fingerprint density at radius 3 is 2.80 bits per heavy atom. The van der Waals surface area contributed by atoms with Gasteiger partial charge in [-0.25, -0.2) is 0 Å². The van der Waals surface area contributed by atoms with Crippen LogP contribution in [0.4, 0.5) is 0 Å². The molecule has 1 aromatic carbocycles. The fraction of sp³-hybridized carbons (Fsp3) is 0.250. The highest BCUT2D eigenvalue weighted by Crippen LogP contribution is 2.28. The van der Waals surface area contributed by atoms with E-state index in [2.05, 4.69) is 0 Å². The van der Waals surface area contributed by atoms with E-state index in [0.717, 1.165) is 16.5 Å². The highest BCUT2D eigenvalue weighted by atomic mass is 16.3. The van der Waals surface area contributed by atoms with Crippen LogP contribution in [-0.4, -0.2) is 5.91 Å².